The molecule has 0 saturated heterocycles. The molecule has 0 spiro atoms. The van der Waals surface area contributed by atoms with E-state index in [4.69, 9.17) is 11.0 Å². The summed E-state index contributed by atoms with van der Waals surface area (Å²) in [6, 6.07) is 12.0. The number of benzene rings is 1. The molecule has 154 valence electrons. The first-order chi connectivity index (χ1) is 15.1. The van der Waals surface area contributed by atoms with Gasteiger partial charge in [0, 0.05) is 61.1 Å². The molecule has 7 heteroatoms. The van der Waals surface area contributed by atoms with Crippen LogP contribution in [0.1, 0.15) is 27.9 Å². The second-order valence-electron chi connectivity index (χ2n) is 7.33. The van der Waals surface area contributed by atoms with Crippen LogP contribution in [0.4, 0.5) is 15.9 Å². The summed E-state index contributed by atoms with van der Waals surface area (Å²) in [5.74, 6) is 0.575. The highest BCUT2D eigenvalue weighted by atomic mass is 19.1. The molecule has 0 aliphatic carbocycles. The Morgan fingerprint density at radius 1 is 1.23 bits per heavy atom. The van der Waals surface area contributed by atoms with E-state index in [2.05, 4.69) is 32.0 Å². The molecule has 3 heterocycles. The van der Waals surface area contributed by atoms with Crippen molar-refractivity contribution in [2.45, 2.75) is 19.9 Å². The molecule has 0 fully saturated rings. The summed E-state index contributed by atoms with van der Waals surface area (Å²) >= 11 is 0. The Morgan fingerprint density at radius 3 is 2.74 bits per heavy atom. The Morgan fingerprint density at radius 2 is 2.03 bits per heavy atom. The Bertz CT molecular complexity index is 1210. The number of halogens is 1. The fourth-order valence-electron chi connectivity index (χ4n) is 3.61. The summed E-state index contributed by atoms with van der Waals surface area (Å²) in [7, 11) is 0. The zero-order valence-corrected chi connectivity index (χ0v) is 17.1. The van der Waals surface area contributed by atoms with Crippen LogP contribution in [0.5, 0.6) is 0 Å². The summed E-state index contributed by atoms with van der Waals surface area (Å²) in [5.41, 5.74) is 11.8. The molecule has 4 rings (SSSR count). The number of rotatable bonds is 4. The molecular weight excluding hydrogens is 391 g/mol. The van der Waals surface area contributed by atoms with Crippen molar-refractivity contribution < 1.29 is 4.39 Å². The SMILES string of the molecule is Cc1cc(C#N)cnc1N1CCc2ncc(/C(C=Nc3ccc(F)cc3)=C/N)cc2C1. The van der Waals surface area contributed by atoms with Crippen molar-refractivity contribution in [1.82, 2.24) is 9.97 Å². The van der Waals surface area contributed by atoms with Crippen LogP contribution < -0.4 is 10.6 Å². The third-order valence-electron chi connectivity index (χ3n) is 5.21. The summed E-state index contributed by atoms with van der Waals surface area (Å²) in [6.07, 6.45) is 7.36. The Hall–Kier alpha value is -4.05. The standard InChI is InChI=1S/C24H21FN6/c1-16-8-17(10-26)12-30-24(16)31-7-6-23-19(15-31)9-18(13-29-23)20(11-27)14-28-22-4-2-21(25)3-5-22/h2-5,8-9,11-14H,6-7,15,27H2,1H3/b20-11+,28-14?. The Balaban J connectivity index is 1.57. The van der Waals surface area contributed by atoms with Crippen LogP contribution in [0, 0.1) is 24.1 Å². The van der Waals surface area contributed by atoms with Gasteiger partial charge in [0.25, 0.3) is 0 Å². The predicted molar refractivity (Wildman–Crippen MR) is 119 cm³/mol. The number of aryl methyl sites for hydroxylation is 1. The second kappa shape index (κ2) is 8.76. The van der Waals surface area contributed by atoms with E-state index < -0.39 is 0 Å². The smallest absolute Gasteiger partial charge is 0.131 e. The second-order valence-corrected chi connectivity index (χ2v) is 7.33. The zero-order valence-electron chi connectivity index (χ0n) is 17.1. The van der Waals surface area contributed by atoms with Gasteiger partial charge in [0.2, 0.25) is 0 Å². The minimum Gasteiger partial charge on any atom is -0.404 e. The quantitative estimate of drug-likeness (QED) is 0.653. The first kappa shape index (κ1) is 20.2. The predicted octanol–water partition coefficient (Wildman–Crippen LogP) is 4.06. The maximum absolute atomic E-state index is 13.1. The first-order valence-electron chi connectivity index (χ1n) is 9.89. The number of nitrogens with two attached hydrogens (primary N) is 1. The normalized spacial score (nSPS) is 13.8. The highest BCUT2D eigenvalue weighted by molar-refractivity contribution is 6.10. The average molecular weight is 412 g/mol. The van der Waals surface area contributed by atoms with E-state index in [1.54, 1.807) is 30.7 Å². The molecule has 1 aliphatic rings. The number of nitriles is 1. The van der Waals surface area contributed by atoms with E-state index in [1.807, 2.05) is 13.0 Å². The number of pyridine rings is 2. The van der Waals surface area contributed by atoms with Crippen LogP contribution in [-0.2, 0) is 13.0 Å². The molecule has 0 radical (unpaired) electrons. The number of hydrogen-bond acceptors (Lipinski definition) is 6. The van der Waals surface area contributed by atoms with Crippen molar-refractivity contribution in [3.8, 4) is 6.07 Å². The van der Waals surface area contributed by atoms with Crippen LogP contribution in [-0.4, -0.2) is 22.7 Å². The lowest BCUT2D eigenvalue weighted by Crippen LogP contribution is -2.32. The van der Waals surface area contributed by atoms with E-state index in [9.17, 15) is 4.39 Å². The highest BCUT2D eigenvalue weighted by Gasteiger charge is 2.20. The van der Waals surface area contributed by atoms with Crippen LogP contribution in [0.15, 0.2) is 60.0 Å². The third kappa shape index (κ3) is 4.43. The van der Waals surface area contributed by atoms with Crippen molar-refractivity contribution in [2.24, 2.45) is 10.7 Å². The van der Waals surface area contributed by atoms with Gasteiger partial charge < -0.3 is 10.6 Å². The summed E-state index contributed by atoms with van der Waals surface area (Å²) in [4.78, 5) is 15.7. The van der Waals surface area contributed by atoms with E-state index >= 15 is 0 Å². The molecule has 1 aliphatic heterocycles. The zero-order chi connectivity index (χ0) is 21.8. The van der Waals surface area contributed by atoms with Gasteiger partial charge in [0.05, 0.1) is 11.3 Å². The van der Waals surface area contributed by atoms with Crippen LogP contribution in [0.25, 0.3) is 5.57 Å². The van der Waals surface area contributed by atoms with Gasteiger partial charge in [-0.2, -0.15) is 5.26 Å². The van der Waals surface area contributed by atoms with Crippen molar-refractivity contribution in [3.05, 3.63) is 88.8 Å². The van der Waals surface area contributed by atoms with Crippen molar-refractivity contribution in [1.29, 1.82) is 5.26 Å². The molecule has 0 unspecified atom stereocenters. The summed E-state index contributed by atoms with van der Waals surface area (Å²) < 4.78 is 13.1. The van der Waals surface area contributed by atoms with Gasteiger partial charge >= 0.3 is 0 Å². The van der Waals surface area contributed by atoms with Gasteiger partial charge in [0.15, 0.2) is 0 Å². The van der Waals surface area contributed by atoms with E-state index in [0.29, 0.717) is 17.8 Å². The van der Waals surface area contributed by atoms with Crippen LogP contribution in [0.2, 0.25) is 0 Å². The number of nitrogens with zero attached hydrogens (tertiary/aromatic N) is 5. The highest BCUT2D eigenvalue weighted by Crippen LogP contribution is 2.27. The molecule has 2 aromatic heterocycles. The van der Waals surface area contributed by atoms with E-state index in [1.165, 1.54) is 18.3 Å². The van der Waals surface area contributed by atoms with Crippen molar-refractivity contribution in [2.75, 3.05) is 11.4 Å². The molecular formula is C24H21FN6. The van der Waals surface area contributed by atoms with Gasteiger partial charge in [-0.05, 0) is 54.4 Å². The van der Waals surface area contributed by atoms with Gasteiger partial charge in [-0.25, -0.2) is 9.37 Å². The number of hydrogen-bond donors (Lipinski definition) is 1. The number of aliphatic imine (C=N–C) groups is 1. The molecule has 2 N–H and O–H groups in total. The molecule has 0 atom stereocenters. The van der Waals surface area contributed by atoms with E-state index in [0.717, 1.165) is 46.7 Å². The Kier molecular flexibility index (Phi) is 5.72. The van der Waals surface area contributed by atoms with Crippen molar-refractivity contribution in [3.63, 3.8) is 0 Å². The van der Waals surface area contributed by atoms with Gasteiger partial charge in [-0.15, -0.1) is 0 Å². The lowest BCUT2D eigenvalue weighted by molar-refractivity contribution is 0.628. The third-order valence-corrected chi connectivity index (χ3v) is 5.21. The molecule has 1 aromatic carbocycles. The number of fused-ring (bicyclic) bond motifs is 1. The molecule has 31 heavy (non-hydrogen) atoms. The molecule has 0 amide bonds. The number of aromatic nitrogens is 2. The number of anilines is 1. The average Bonchev–Trinajstić information content (AvgIpc) is 2.80. The topological polar surface area (TPSA) is 91.2 Å². The van der Waals surface area contributed by atoms with Crippen LogP contribution in [0.3, 0.4) is 0 Å². The van der Waals surface area contributed by atoms with E-state index in [-0.39, 0.29) is 5.82 Å². The van der Waals surface area contributed by atoms with Gasteiger partial charge in [0.1, 0.15) is 17.7 Å². The Labute approximate surface area is 180 Å². The summed E-state index contributed by atoms with van der Waals surface area (Å²) in [6.45, 7) is 3.45. The lowest BCUT2D eigenvalue weighted by Gasteiger charge is -2.30. The molecule has 3 aromatic rings. The molecule has 6 nitrogen and oxygen atoms in total. The van der Waals surface area contributed by atoms with Gasteiger partial charge in [-0.1, -0.05) is 0 Å². The lowest BCUT2D eigenvalue weighted by atomic mass is 10.0. The monoisotopic (exact) mass is 412 g/mol. The fourth-order valence-corrected chi connectivity index (χ4v) is 3.61. The molecule has 0 saturated carbocycles. The van der Waals surface area contributed by atoms with Gasteiger partial charge in [-0.3, -0.25) is 9.98 Å². The maximum atomic E-state index is 13.1. The minimum atomic E-state index is -0.302. The van der Waals surface area contributed by atoms with Crippen LogP contribution >= 0.6 is 0 Å². The minimum absolute atomic E-state index is 0.302. The fraction of sp³-hybridized carbons (Fsp3) is 0.167. The molecule has 0 bridgehead atoms. The largest absolute Gasteiger partial charge is 0.404 e. The number of allylic oxidation sites excluding steroid dienone is 1. The first-order valence-corrected chi connectivity index (χ1v) is 9.89. The maximum Gasteiger partial charge on any atom is 0.131 e. The summed E-state index contributed by atoms with van der Waals surface area (Å²) in [5, 5.41) is 9.07. The van der Waals surface area contributed by atoms with Crippen molar-refractivity contribution >= 4 is 23.3 Å².